The summed E-state index contributed by atoms with van der Waals surface area (Å²) in [6, 6.07) is 3.93. The van der Waals surface area contributed by atoms with E-state index in [1.165, 1.54) is 0 Å². The van der Waals surface area contributed by atoms with Crippen molar-refractivity contribution < 1.29 is 8.98 Å². The number of furan rings is 1. The largest absolute Gasteiger partial charge is 0.464 e. The van der Waals surface area contributed by atoms with Crippen molar-refractivity contribution in [3.8, 4) is 0 Å². The van der Waals surface area contributed by atoms with Crippen molar-refractivity contribution in [3.05, 3.63) is 47.9 Å². The molecule has 0 radical (unpaired) electrons. The van der Waals surface area contributed by atoms with Gasteiger partial charge in [0.1, 0.15) is 17.2 Å². The number of nitrogens with zero attached hydrogens (tertiary/aromatic N) is 3. The zero-order valence-corrected chi connectivity index (χ0v) is 11.6. The summed E-state index contributed by atoms with van der Waals surface area (Å²) in [5, 5.41) is 1.11. The van der Waals surface area contributed by atoms with E-state index in [0.29, 0.717) is 12.4 Å². The minimum Gasteiger partial charge on any atom is -0.464 e. The zero-order chi connectivity index (χ0) is 14.1. The molecule has 3 rings (SSSR count). The molecule has 0 bridgehead atoms. The summed E-state index contributed by atoms with van der Waals surface area (Å²) < 4.78 is 7.52. The number of anilines is 1. The third kappa shape index (κ3) is 2.11. The van der Waals surface area contributed by atoms with Crippen LogP contribution in [0.4, 0.5) is 5.82 Å². The fourth-order valence-electron chi connectivity index (χ4n) is 2.28. The number of pyridine rings is 1. The first-order valence-corrected chi connectivity index (χ1v) is 6.65. The minimum absolute atomic E-state index is 0.552. The van der Waals surface area contributed by atoms with Crippen LogP contribution in [-0.2, 0) is 13.0 Å². The van der Waals surface area contributed by atoms with Gasteiger partial charge in [-0.3, -0.25) is 0 Å². The summed E-state index contributed by atoms with van der Waals surface area (Å²) in [4.78, 5) is 8.62. The second kappa shape index (κ2) is 4.92. The van der Waals surface area contributed by atoms with E-state index < -0.39 is 0 Å². The Labute approximate surface area is 117 Å². The molecule has 102 valence electrons. The Morgan fingerprint density at radius 2 is 2.20 bits per heavy atom. The molecule has 5 nitrogen and oxygen atoms in total. The van der Waals surface area contributed by atoms with Crippen molar-refractivity contribution in [1.82, 2.24) is 9.97 Å². The van der Waals surface area contributed by atoms with E-state index in [9.17, 15) is 0 Å². The normalized spacial score (nSPS) is 11.1. The van der Waals surface area contributed by atoms with E-state index in [1.54, 1.807) is 6.26 Å². The van der Waals surface area contributed by atoms with E-state index in [1.807, 2.05) is 31.5 Å². The molecule has 0 aromatic carbocycles. The number of aromatic nitrogens is 3. The predicted octanol–water partition coefficient (Wildman–Crippen LogP) is 2.01. The van der Waals surface area contributed by atoms with Crippen LogP contribution in [0, 0.1) is 6.92 Å². The Balaban J connectivity index is 1.98. The summed E-state index contributed by atoms with van der Waals surface area (Å²) in [5.41, 5.74) is 8.96. The van der Waals surface area contributed by atoms with Gasteiger partial charge in [-0.1, -0.05) is 6.92 Å². The van der Waals surface area contributed by atoms with Gasteiger partial charge in [-0.15, -0.1) is 0 Å². The van der Waals surface area contributed by atoms with Crippen molar-refractivity contribution in [2.75, 3.05) is 5.73 Å². The van der Waals surface area contributed by atoms with Gasteiger partial charge in [0.2, 0.25) is 0 Å². The topological polar surface area (TPSA) is 68.8 Å². The molecule has 3 aromatic rings. The molecule has 0 saturated carbocycles. The lowest BCUT2D eigenvalue weighted by Gasteiger charge is -2.05. The first-order valence-electron chi connectivity index (χ1n) is 6.65. The third-order valence-electron chi connectivity index (χ3n) is 3.53. The van der Waals surface area contributed by atoms with Gasteiger partial charge in [0.05, 0.1) is 17.2 Å². The standard InChI is InChI=1S/C15H17N4O/c1-3-14-17-8-11(15(16)18-14)9-19-6-4-13-12(10(19)2)5-7-20-13/h4-8H,3,9H2,1-2H3,(H2,16,17,18)/q+1. The Hall–Kier alpha value is -2.43. The van der Waals surface area contributed by atoms with Crippen LogP contribution >= 0.6 is 0 Å². The van der Waals surface area contributed by atoms with Crippen molar-refractivity contribution in [1.29, 1.82) is 0 Å². The highest BCUT2D eigenvalue weighted by Gasteiger charge is 2.15. The molecular weight excluding hydrogens is 252 g/mol. The van der Waals surface area contributed by atoms with Gasteiger partial charge in [0.15, 0.2) is 18.4 Å². The van der Waals surface area contributed by atoms with Crippen LogP contribution in [0.25, 0.3) is 11.0 Å². The molecule has 0 aliphatic heterocycles. The summed E-state index contributed by atoms with van der Waals surface area (Å²) in [5.74, 6) is 1.33. The molecular formula is C15H17N4O+. The second-order valence-corrected chi connectivity index (χ2v) is 4.78. The van der Waals surface area contributed by atoms with E-state index in [0.717, 1.165) is 34.5 Å². The van der Waals surface area contributed by atoms with E-state index in [4.69, 9.17) is 10.2 Å². The van der Waals surface area contributed by atoms with Gasteiger partial charge in [-0.2, -0.15) is 4.57 Å². The van der Waals surface area contributed by atoms with Crippen molar-refractivity contribution in [2.45, 2.75) is 26.8 Å². The van der Waals surface area contributed by atoms with Crippen LogP contribution < -0.4 is 10.3 Å². The summed E-state index contributed by atoms with van der Waals surface area (Å²) in [6.07, 6.45) is 6.30. The lowest BCUT2D eigenvalue weighted by atomic mass is 10.2. The van der Waals surface area contributed by atoms with E-state index >= 15 is 0 Å². The Morgan fingerprint density at radius 1 is 1.35 bits per heavy atom. The molecule has 0 amide bonds. The van der Waals surface area contributed by atoms with Crippen molar-refractivity contribution in [3.63, 3.8) is 0 Å². The maximum atomic E-state index is 6.00. The lowest BCUT2D eigenvalue weighted by molar-refractivity contribution is -0.692. The van der Waals surface area contributed by atoms with Gasteiger partial charge in [0, 0.05) is 25.6 Å². The number of nitrogen functional groups attached to an aromatic ring is 1. The van der Waals surface area contributed by atoms with Crippen molar-refractivity contribution in [2.24, 2.45) is 0 Å². The molecule has 0 spiro atoms. The molecule has 5 heteroatoms. The monoisotopic (exact) mass is 269 g/mol. The highest BCUT2D eigenvalue weighted by Crippen LogP contribution is 2.16. The van der Waals surface area contributed by atoms with E-state index in [2.05, 4.69) is 21.5 Å². The number of aryl methyl sites for hydroxylation is 2. The highest BCUT2D eigenvalue weighted by atomic mass is 16.3. The van der Waals surface area contributed by atoms with E-state index in [-0.39, 0.29) is 0 Å². The first-order chi connectivity index (χ1) is 9.69. The maximum Gasteiger partial charge on any atom is 0.189 e. The Kier molecular flexibility index (Phi) is 3.10. The molecule has 3 heterocycles. The first kappa shape index (κ1) is 12.6. The predicted molar refractivity (Wildman–Crippen MR) is 76.1 cm³/mol. The molecule has 2 N–H and O–H groups in total. The molecule has 0 fully saturated rings. The number of fused-ring (bicyclic) bond motifs is 1. The van der Waals surface area contributed by atoms with Crippen LogP contribution in [0.3, 0.4) is 0 Å². The molecule has 0 aliphatic carbocycles. The van der Waals surface area contributed by atoms with Crippen LogP contribution in [0.1, 0.15) is 24.0 Å². The summed E-state index contributed by atoms with van der Waals surface area (Å²) in [6.45, 7) is 4.73. The van der Waals surface area contributed by atoms with Crippen LogP contribution in [-0.4, -0.2) is 9.97 Å². The molecule has 0 aliphatic rings. The summed E-state index contributed by atoms with van der Waals surface area (Å²) in [7, 11) is 0. The van der Waals surface area contributed by atoms with Crippen molar-refractivity contribution >= 4 is 16.8 Å². The van der Waals surface area contributed by atoms with Crippen LogP contribution in [0.2, 0.25) is 0 Å². The third-order valence-corrected chi connectivity index (χ3v) is 3.53. The fraction of sp³-hybridized carbons (Fsp3) is 0.267. The quantitative estimate of drug-likeness (QED) is 0.738. The number of nitrogens with two attached hydrogens (primary N) is 1. The molecule has 20 heavy (non-hydrogen) atoms. The average Bonchev–Trinajstić information content (AvgIpc) is 2.93. The van der Waals surface area contributed by atoms with Gasteiger partial charge in [0.25, 0.3) is 0 Å². The van der Waals surface area contributed by atoms with Gasteiger partial charge in [-0.25, -0.2) is 9.97 Å². The number of hydrogen-bond donors (Lipinski definition) is 1. The van der Waals surface area contributed by atoms with Crippen LogP contribution in [0.5, 0.6) is 0 Å². The number of hydrogen-bond acceptors (Lipinski definition) is 4. The molecule has 0 saturated heterocycles. The molecule has 0 atom stereocenters. The molecule has 3 aromatic heterocycles. The average molecular weight is 269 g/mol. The molecule has 0 unspecified atom stereocenters. The van der Waals surface area contributed by atoms with Crippen LogP contribution in [0.15, 0.2) is 35.2 Å². The lowest BCUT2D eigenvalue weighted by Crippen LogP contribution is -2.37. The zero-order valence-electron chi connectivity index (χ0n) is 11.6. The van der Waals surface area contributed by atoms with Gasteiger partial charge < -0.3 is 10.2 Å². The number of rotatable bonds is 3. The second-order valence-electron chi connectivity index (χ2n) is 4.78. The fourth-order valence-corrected chi connectivity index (χ4v) is 2.28. The Morgan fingerprint density at radius 3 is 2.95 bits per heavy atom. The summed E-state index contributed by atoms with van der Waals surface area (Å²) >= 11 is 0. The SMILES string of the molecule is CCc1ncc(C[n+]2ccc3occc3c2C)c(N)n1. The smallest absolute Gasteiger partial charge is 0.189 e. The van der Waals surface area contributed by atoms with Gasteiger partial charge in [-0.05, 0) is 6.07 Å². The maximum absolute atomic E-state index is 6.00. The minimum atomic E-state index is 0.552. The highest BCUT2D eigenvalue weighted by molar-refractivity contribution is 5.77. The van der Waals surface area contributed by atoms with Gasteiger partial charge >= 0.3 is 0 Å². The Bertz CT molecular complexity index is 764.